The highest BCUT2D eigenvalue weighted by Gasteiger charge is 2.07. The number of carbonyl (C=O) groups excluding carboxylic acids is 1. The summed E-state index contributed by atoms with van der Waals surface area (Å²) in [6.07, 6.45) is 0.457. The zero-order chi connectivity index (χ0) is 13.5. The number of nitrogens with zero attached hydrogens (tertiary/aromatic N) is 1. The van der Waals surface area contributed by atoms with Gasteiger partial charge in [-0.2, -0.15) is 0 Å². The maximum atomic E-state index is 10.6. The Bertz CT molecular complexity index is 532. The second kappa shape index (κ2) is 6.62. The Morgan fingerprint density at radius 1 is 1.56 bits per heavy atom. The van der Waals surface area contributed by atoms with Gasteiger partial charge in [0.15, 0.2) is 0 Å². The van der Waals surface area contributed by atoms with E-state index in [4.69, 9.17) is 11.6 Å². The van der Waals surface area contributed by atoms with E-state index in [0.717, 1.165) is 0 Å². The standard InChI is InChI=1S/C12H11ClN2O3/c1-9(16)14-7-3-2-4-10-8-11(15(17)18)5-6-12(10)13/h5-6,8H,3,7H2,1H3,(H,14,16). The van der Waals surface area contributed by atoms with Crippen LogP contribution in [0, 0.1) is 22.0 Å². The van der Waals surface area contributed by atoms with Crippen molar-refractivity contribution in [3.8, 4) is 11.8 Å². The number of carbonyl (C=O) groups is 1. The fraction of sp³-hybridized carbons (Fsp3) is 0.250. The number of amides is 1. The molecule has 0 atom stereocenters. The molecule has 5 nitrogen and oxygen atoms in total. The normalized spacial score (nSPS) is 9.22. The number of nitro benzene ring substituents is 1. The molecule has 0 spiro atoms. The van der Waals surface area contributed by atoms with E-state index in [0.29, 0.717) is 23.6 Å². The molecular weight excluding hydrogens is 256 g/mol. The largest absolute Gasteiger partial charge is 0.355 e. The predicted octanol–water partition coefficient (Wildman–Crippen LogP) is 2.13. The van der Waals surface area contributed by atoms with Gasteiger partial charge in [-0.05, 0) is 6.07 Å². The van der Waals surface area contributed by atoms with E-state index < -0.39 is 4.92 Å². The van der Waals surface area contributed by atoms with Crippen LogP contribution in [0.5, 0.6) is 0 Å². The number of rotatable bonds is 3. The van der Waals surface area contributed by atoms with E-state index in [9.17, 15) is 14.9 Å². The first-order valence-corrected chi connectivity index (χ1v) is 5.55. The van der Waals surface area contributed by atoms with E-state index >= 15 is 0 Å². The van der Waals surface area contributed by atoms with Gasteiger partial charge in [0.05, 0.1) is 9.95 Å². The molecule has 0 aliphatic heterocycles. The SMILES string of the molecule is CC(=O)NCCC#Cc1cc([N+](=O)[O-])ccc1Cl. The van der Waals surface area contributed by atoms with Crippen molar-refractivity contribution in [1.29, 1.82) is 0 Å². The Kier molecular flexibility index (Phi) is 5.15. The number of benzene rings is 1. The molecule has 1 aromatic rings. The third-order valence-electron chi connectivity index (χ3n) is 2.01. The number of hydrogen-bond acceptors (Lipinski definition) is 3. The molecule has 0 aliphatic rings. The lowest BCUT2D eigenvalue weighted by molar-refractivity contribution is -0.384. The Labute approximate surface area is 109 Å². The average molecular weight is 267 g/mol. The van der Waals surface area contributed by atoms with Gasteiger partial charge in [0.25, 0.3) is 5.69 Å². The summed E-state index contributed by atoms with van der Waals surface area (Å²) in [6.45, 7) is 1.86. The average Bonchev–Trinajstić information content (AvgIpc) is 2.30. The summed E-state index contributed by atoms with van der Waals surface area (Å²) < 4.78 is 0. The van der Waals surface area contributed by atoms with Crippen LogP contribution in [0.4, 0.5) is 5.69 Å². The molecule has 1 rings (SSSR count). The summed E-state index contributed by atoms with van der Waals surface area (Å²) in [5.41, 5.74) is 0.360. The summed E-state index contributed by atoms with van der Waals surface area (Å²) in [6, 6.07) is 4.09. The Hall–Kier alpha value is -2.06. The van der Waals surface area contributed by atoms with Gasteiger partial charge in [-0.3, -0.25) is 14.9 Å². The monoisotopic (exact) mass is 266 g/mol. The van der Waals surface area contributed by atoms with Crippen molar-refractivity contribution in [3.63, 3.8) is 0 Å². The molecule has 0 saturated carbocycles. The molecule has 0 unspecified atom stereocenters. The first kappa shape index (κ1) is 14.0. The number of hydrogen-bond donors (Lipinski definition) is 1. The van der Waals surface area contributed by atoms with Crippen molar-refractivity contribution in [3.05, 3.63) is 38.9 Å². The van der Waals surface area contributed by atoms with Crippen LogP contribution >= 0.6 is 11.6 Å². The highest BCUT2D eigenvalue weighted by Crippen LogP contribution is 2.20. The summed E-state index contributed by atoms with van der Waals surface area (Å²) in [4.78, 5) is 20.7. The van der Waals surface area contributed by atoms with E-state index in [1.165, 1.54) is 25.1 Å². The van der Waals surface area contributed by atoms with Gasteiger partial charge >= 0.3 is 0 Å². The number of non-ortho nitro benzene ring substituents is 1. The van der Waals surface area contributed by atoms with Crippen LogP contribution in [0.2, 0.25) is 5.02 Å². The van der Waals surface area contributed by atoms with Gasteiger partial charge in [-0.15, -0.1) is 0 Å². The topological polar surface area (TPSA) is 72.2 Å². The molecule has 1 N–H and O–H groups in total. The van der Waals surface area contributed by atoms with Crippen LogP contribution in [0.1, 0.15) is 18.9 Å². The Morgan fingerprint density at radius 3 is 2.89 bits per heavy atom. The first-order valence-electron chi connectivity index (χ1n) is 5.18. The molecule has 0 saturated heterocycles. The first-order chi connectivity index (χ1) is 8.50. The summed E-state index contributed by atoms with van der Waals surface area (Å²) in [5.74, 6) is 5.42. The second-order valence-electron chi connectivity index (χ2n) is 3.46. The molecule has 1 amide bonds. The second-order valence-corrected chi connectivity index (χ2v) is 3.86. The van der Waals surface area contributed by atoms with Gasteiger partial charge in [-0.1, -0.05) is 23.4 Å². The van der Waals surface area contributed by atoms with E-state index in [1.54, 1.807) is 0 Å². The zero-order valence-corrected chi connectivity index (χ0v) is 10.5. The number of nitro groups is 1. The van der Waals surface area contributed by atoms with Gasteiger partial charge < -0.3 is 5.32 Å². The van der Waals surface area contributed by atoms with Crippen molar-refractivity contribution >= 4 is 23.2 Å². The highest BCUT2D eigenvalue weighted by atomic mass is 35.5. The Morgan fingerprint density at radius 2 is 2.28 bits per heavy atom. The minimum atomic E-state index is -0.501. The molecule has 0 aliphatic carbocycles. The van der Waals surface area contributed by atoms with Crippen molar-refractivity contribution in [2.75, 3.05) is 6.54 Å². The molecular formula is C12H11ClN2O3. The van der Waals surface area contributed by atoms with Crippen LogP contribution < -0.4 is 5.32 Å². The quantitative estimate of drug-likeness (QED) is 0.394. The third-order valence-corrected chi connectivity index (χ3v) is 2.34. The molecule has 0 radical (unpaired) electrons. The van der Waals surface area contributed by atoms with Crippen LogP contribution in [0.3, 0.4) is 0 Å². The van der Waals surface area contributed by atoms with Crippen LogP contribution in [0.25, 0.3) is 0 Å². The molecule has 1 aromatic carbocycles. The molecule has 18 heavy (non-hydrogen) atoms. The lowest BCUT2D eigenvalue weighted by atomic mass is 10.2. The zero-order valence-electron chi connectivity index (χ0n) is 9.70. The van der Waals surface area contributed by atoms with Crippen molar-refractivity contribution in [2.24, 2.45) is 0 Å². The Balaban J connectivity index is 2.71. The highest BCUT2D eigenvalue weighted by molar-refractivity contribution is 6.31. The molecule has 0 aromatic heterocycles. The van der Waals surface area contributed by atoms with Crippen LogP contribution in [-0.2, 0) is 4.79 Å². The molecule has 6 heteroatoms. The van der Waals surface area contributed by atoms with Crippen LogP contribution in [-0.4, -0.2) is 17.4 Å². The third kappa shape index (κ3) is 4.44. The van der Waals surface area contributed by atoms with Gasteiger partial charge in [0, 0.05) is 37.6 Å². The summed E-state index contributed by atoms with van der Waals surface area (Å²) >= 11 is 5.87. The summed E-state index contributed by atoms with van der Waals surface area (Å²) in [7, 11) is 0. The lowest BCUT2D eigenvalue weighted by Gasteiger charge is -1.97. The predicted molar refractivity (Wildman–Crippen MR) is 68.3 cm³/mol. The molecule has 0 bridgehead atoms. The summed E-state index contributed by atoms with van der Waals surface area (Å²) in [5, 5.41) is 13.5. The van der Waals surface area contributed by atoms with Crippen molar-refractivity contribution < 1.29 is 9.72 Å². The molecule has 0 fully saturated rings. The number of halogens is 1. The van der Waals surface area contributed by atoms with Crippen molar-refractivity contribution in [2.45, 2.75) is 13.3 Å². The van der Waals surface area contributed by atoms with E-state index in [1.807, 2.05) is 0 Å². The lowest BCUT2D eigenvalue weighted by Crippen LogP contribution is -2.20. The van der Waals surface area contributed by atoms with Gasteiger partial charge in [-0.25, -0.2) is 0 Å². The fourth-order valence-electron chi connectivity index (χ4n) is 1.18. The smallest absolute Gasteiger partial charge is 0.270 e. The maximum absolute atomic E-state index is 10.6. The van der Waals surface area contributed by atoms with Crippen molar-refractivity contribution in [1.82, 2.24) is 5.32 Å². The van der Waals surface area contributed by atoms with Gasteiger partial charge in [0.2, 0.25) is 5.91 Å². The fourth-order valence-corrected chi connectivity index (χ4v) is 1.35. The number of nitrogens with one attached hydrogen (secondary N) is 1. The maximum Gasteiger partial charge on any atom is 0.270 e. The molecule has 94 valence electrons. The van der Waals surface area contributed by atoms with Crippen LogP contribution in [0.15, 0.2) is 18.2 Å². The minimum Gasteiger partial charge on any atom is -0.355 e. The molecule has 0 heterocycles. The van der Waals surface area contributed by atoms with Gasteiger partial charge in [0.1, 0.15) is 0 Å². The van der Waals surface area contributed by atoms with E-state index in [-0.39, 0.29) is 11.6 Å². The van der Waals surface area contributed by atoms with E-state index in [2.05, 4.69) is 17.2 Å². The minimum absolute atomic E-state index is 0.0504.